The van der Waals surface area contributed by atoms with E-state index in [1.165, 1.54) is 6.33 Å². The highest BCUT2D eigenvalue weighted by atomic mass is 15.4. The summed E-state index contributed by atoms with van der Waals surface area (Å²) in [5.74, 6) is 2.31. The van der Waals surface area contributed by atoms with E-state index in [9.17, 15) is 0 Å². The molecule has 0 bridgehead atoms. The highest BCUT2D eigenvalue weighted by Crippen LogP contribution is 2.17. The second kappa shape index (κ2) is 6.11. The molecule has 4 rings (SSSR count). The van der Waals surface area contributed by atoms with Gasteiger partial charge in [0.05, 0.1) is 18.4 Å². The molecule has 0 unspecified atom stereocenters. The van der Waals surface area contributed by atoms with Gasteiger partial charge in [0.1, 0.15) is 18.0 Å². The van der Waals surface area contributed by atoms with Crippen LogP contribution >= 0.6 is 0 Å². The summed E-state index contributed by atoms with van der Waals surface area (Å²) in [7, 11) is 0. The average Bonchev–Trinajstić information content (AvgIpc) is 3.29. The quantitative estimate of drug-likeness (QED) is 0.591. The normalized spacial score (nSPS) is 11.0. The van der Waals surface area contributed by atoms with Crippen molar-refractivity contribution in [1.29, 1.82) is 0 Å². The lowest BCUT2D eigenvalue weighted by atomic mass is 10.2. The lowest BCUT2D eigenvalue weighted by molar-refractivity contribution is 0.889. The molecule has 0 aliphatic heterocycles. The summed E-state index contributed by atoms with van der Waals surface area (Å²) in [6, 6.07) is 12.1. The summed E-state index contributed by atoms with van der Waals surface area (Å²) < 4.78 is 1.69. The average molecular weight is 319 g/mol. The maximum Gasteiger partial charge on any atom is 0.254 e. The van der Waals surface area contributed by atoms with Crippen LogP contribution in [0.4, 0.5) is 5.82 Å². The van der Waals surface area contributed by atoms with E-state index in [0.717, 1.165) is 35.0 Å². The number of aromatic nitrogens is 6. The summed E-state index contributed by atoms with van der Waals surface area (Å²) in [4.78, 5) is 16.4. The number of rotatable bonds is 5. The van der Waals surface area contributed by atoms with E-state index < -0.39 is 0 Å². The molecule has 0 fully saturated rings. The van der Waals surface area contributed by atoms with Crippen molar-refractivity contribution in [2.75, 3.05) is 5.32 Å². The van der Waals surface area contributed by atoms with Crippen LogP contribution in [0.5, 0.6) is 0 Å². The Hall–Kier alpha value is -3.22. The third-order valence-corrected chi connectivity index (χ3v) is 3.82. The van der Waals surface area contributed by atoms with Crippen LogP contribution in [0.3, 0.4) is 0 Å². The van der Waals surface area contributed by atoms with Crippen molar-refractivity contribution in [3.63, 3.8) is 0 Å². The number of aryl methyl sites for hydroxylation is 1. The Morgan fingerprint density at radius 1 is 1.17 bits per heavy atom. The molecule has 120 valence electrons. The summed E-state index contributed by atoms with van der Waals surface area (Å²) in [6.45, 7) is 2.63. The maximum absolute atomic E-state index is 4.44. The Kier molecular flexibility index (Phi) is 3.66. The third kappa shape index (κ3) is 2.71. The standard InChI is InChI=1S/C17H17N7/c1-2-13-8-16(24-17(22-13)20-11-21-24)19-10-15-18-9-14(23-15)12-6-4-3-5-7-12/h3-9,11,19H,2,10H2,1H3,(H,18,23). The van der Waals surface area contributed by atoms with Crippen molar-refractivity contribution < 1.29 is 0 Å². The van der Waals surface area contributed by atoms with Gasteiger partial charge in [-0.15, -0.1) is 0 Å². The molecule has 0 aliphatic rings. The number of hydrogen-bond donors (Lipinski definition) is 2. The predicted molar refractivity (Wildman–Crippen MR) is 91.5 cm³/mol. The lowest BCUT2D eigenvalue weighted by Crippen LogP contribution is -2.08. The molecule has 3 heterocycles. The number of nitrogens with zero attached hydrogens (tertiary/aromatic N) is 5. The molecule has 7 nitrogen and oxygen atoms in total. The van der Waals surface area contributed by atoms with Crippen LogP contribution in [0.1, 0.15) is 18.4 Å². The van der Waals surface area contributed by atoms with E-state index in [1.807, 2.05) is 30.5 Å². The molecule has 0 aliphatic carbocycles. The molecule has 7 heteroatoms. The molecule has 0 saturated heterocycles. The minimum Gasteiger partial charge on any atom is -0.363 e. The molecule has 2 N–H and O–H groups in total. The SMILES string of the molecule is CCc1cc(NCc2ncc(-c3ccccc3)[nH]2)n2ncnc2n1. The zero-order chi connectivity index (χ0) is 16.4. The Balaban J connectivity index is 1.55. The first-order chi connectivity index (χ1) is 11.8. The molecule has 0 amide bonds. The highest BCUT2D eigenvalue weighted by Gasteiger charge is 2.08. The molecular formula is C17H17N7. The topological polar surface area (TPSA) is 83.8 Å². The van der Waals surface area contributed by atoms with Crippen LogP contribution in [0.25, 0.3) is 17.0 Å². The number of imidazole rings is 1. The first-order valence-corrected chi connectivity index (χ1v) is 7.86. The molecule has 0 saturated carbocycles. The van der Waals surface area contributed by atoms with Gasteiger partial charge >= 0.3 is 0 Å². The number of hydrogen-bond acceptors (Lipinski definition) is 5. The number of fused-ring (bicyclic) bond motifs is 1. The van der Waals surface area contributed by atoms with E-state index in [4.69, 9.17) is 0 Å². The summed E-state index contributed by atoms with van der Waals surface area (Å²) in [5.41, 5.74) is 3.09. The third-order valence-electron chi connectivity index (χ3n) is 3.82. The summed E-state index contributed by atoms with van der Waals surface area (Å²) >= 11 is 0. The maximum atomic E-state index is 4.44. The molecule has 4 aromatic rings. The minimum absolute atomic E-state index is 0.564. The van der Waals surface area contributed by atoms with Gasteiger partial charge in [0.2, 0.25) is 0 Å². The van der Waals surface area contributed by atoms with Gasteiger partial charge in [-0.2, -0.15) is 14.6 Å². The Morgan fingerprint density at radius 2 is 2.04 bits per heavy atom. The first kappa shape index (κ1) is 14.4. The van der Waals surface area contributed by atoms with Crippen molar-refractivity contribution >= 4 is 11.6 Å². The molecule has 3 aromatic heterocycles. The Labute approximate surface area is 138 Å². The van der Waals surface area contributed by atoms with E-state index in [2.05, 4.69) is 49.4 Å². The van der Waals surface area contributed by atoms with Crippen LogP contribution in [-0.4, -0.2) is 29.5 Å². The van der Waals surface area contributed by atoms with Gasteiger partial charge in [-0.3, -0.25) is 0 Å². The van der Waals surface area contributed by atoms with Gasteiger partial charge in [-0.25, -0.2) is 9.97 Å². The fraction of sp³-hybridized carbons (Fsp3) is 0.176. The van der Waals surface area contributed by atoms with Crippen LogP contribution in [-0.2, 0) is 13.0 Å². The minimum atomic E-state index is 0.564. The van der Waals surface area contributed by atoms with Crippen LogP contribution in [0.2, 0.25) is 0 Å². The van der Waals surface area contributed by atoms with Crippen molar-refractivity contribution in [2.45, 2.75) is 19.9 Å². The molecule has 0 radical (unpaired) electrons. The van der Waals surface area contributed by atoms with Gasteiger partial charge in [-0.05, 0) is 12.0 Å². The number of nitrogens with one attached hydrogen (secondary N) is 2. The number of anilines is 1. The number of aromatic amines is 1. The molecule has 24 heavy (non-hydrogen) atoms. The smallest absolute Gasteiger partial charge is 0.254 e. The molecule has 0 spiro atoms. The van der Waals surface area contributed by atoms with Crippen LogP contribution < -0.4 is 5.32 Å². The van der Waals surface area contributed by atoms with Crippen molar-refractivity contribution in [1.82, 2.24) is 29.5 Å². The first-order valence-electron chi connectivity index (χ1n) is 7.86. The molecule has 0 atom stereocenters. The van der Waals surface area contributed by atoms with Gasteiger partial charge in [-0.1, -0.05) is 37.3 Å². The van der Waals surface area contributed by atoms with Gasteiger partial charge in [0.25, 0.3) is 5.78 Å². The highest BCUT2D eigenvalue weighted by molar-refractivity contribution is 5.58. The Bertz CT molecular complexity index is 955. The van der Waals surface area contributed by atoms with E-state index in [-0.39, 0.29) is 0 Å². The van der Waals surface area contributed by atoms with Crippen molar-refractivity contribution in [2.24, 2.45) is 0 Å². The van der Waals surface area contributed by atoms with Gasteiger partial charge in [0.15, 0.2) is 0 Å². The molecular weight excluding hydrogens is 302 g/mol. The van der Waals surface area contributed by atoms with Gasteiger partial charge < -0.3 is 10.3 Å². The monoisotopic (exact) mass is 319 g/mol. The predicted octanol–water partition coefficient (Wildman–Crippen LogP) is 2.69. The molecule has 1 aromatic carbocycles. The van der Waals surface area contributed by atoms with E-state index in [1.54, 1.807) is 4.52 Å². The van der Waals surface area contributed by atoms with Crippen molar-refractivity contribution in [3.05, 3.63) is 60.4 Å². The fourth-order valence-corrected chi connectivity index (χ4v) is 2.56. The van der Waals surface area contributed by atoms with E-state index >= 15 is 0 Å². The zero-order valence-corrected chi connectivity index (χ0v) is 13.3. The lowest BCUT2D eigenvalue weighted by Gasteiger charge is -2.08. The summed E-state index contributed by atoms with van der Waals surface area (Å²) in [5, 5.41) is 7.57. The second-order valence-corrected chi connectivity index (χ2v) is 5.42. The number of H-pyrrole nitrogens is 1. The zero-order valence-electron chi connectivity index (χ0n) is 13.3. The Morgan fingerprint density at radius 3 is 2.88 bits per heavy atom. The van der Waals surface area contributed by atoms with Crippen molar-refractivity contribution in [3.8, 4) is 11.3 Å². The van der Waals surface area contributed by atoms with Crippen LogP contribution in [0, 0.1) is 0 Å². The second-order valence-electron chi connectivity index (χ2n) is 5.42. The van der Waals surface area contributed by atoms with E-state index in [0.29, 0.717) is 12.3 Å². The van der Waals surface area contributed by atoms with Gasteiger partial charge in [0, 0.05) is 11.8 Å². The summed E-state index contributed by atoms with van der Waals surface area (Å²) in [6.07, 6.45) is 4.20. The van der Waals surface area contributed by atoms with Crippen LogP contribution in [0.15, 0.2) is 48.9 Å². The number of benzene rings is 1. The fourth-order valence-electron chi connectivity index (χ4n) is 2.56. The largest absolute Gasteiger partial charge is 0.363 e.